The number of anilines is 4. The zero-order chi connectivity index (χ0) is 42.5. The van der Waals surface area contributed by atoms with Crippen LogP contribution in [0.5, 0.6) is 11.5 Å². The van der Waals surface area contributed by atoms with Crippen molar-refractivity contribution in [1.82, 2.24) is 0 Å². The Bertz CT molecular complexity index is 1960. The van der Waals surface area contributed by atoms with Gasteiger partial charge in [0.2, 0.25) is 0 Å². The number of fused-ring (bicyclic) bond motifs is 2. The molecule has 0 atom stereocenters. The molecule has 2 aliphatic rings. The van der Waals surface area contributed by atoms with E-state index in [1.807, 2.05) is 0 Å². The van der Waals surface area contributed by atoms with Crippen molar-refractivity contribution in [1.29, 1.82) is 0 Å². The first kappa shape index (κ1) is 43.2. The second-order valence-corrected chi connectivity index (χ2v) is 27.4. The van der Waals surface area contributed by atoms with Gasteiger partial charge in [-0.3, -0.25) is 0 Å². The fraction of sp³-hybridized carbons (Fsp3) is 0.538. The number of nitrogens with zero attached hydrogens (tertiary/aromatic N) is 2. The van der Waals surface area contributed by atoms with Crippen LogP contribution in [0, 0.1) is 0 Å². The third-order valence-corrected chi connectivity index (χ3v) is 18.4. The molecule has 0 fully saturated rings. The first-order valence-corrected chi connectivity index (χ1v) is 25.3. The van der Waals surface area contributed by atoms with Gasteiger partial charge in [0, 0.05) is 0 Å². The average Bonchev–Trinajstić information content (AvgIpc) is 3.57. The molecule has 0 saturated heterocycles. The number of benzene rings is 4. The molecule has 57 heavy (non-hydrogen) atoms. The zero-order valence-corrected chi connectivity index (χ0v) is 41.4. The van der Waals surface area contributed by atoms with Gasteiger partial charge >= 0.3 is 353 Å². The Kier molecular flexibility index (Phi) is 10.9. The number of hydrogen-bond acceptors (Lipinski definition) is 4. The Labute approximate surface area is 351 Å². The fourth-order valence-corrected chi connectivity index (χ4v) is 16.2. The molecule has 0 aromatic heterocycles. The van der Waals surface area contributed by atoms with Crippen LogP contribution in [0.4, 0.5) is 22.7 Å². The Morgan fingerprint density at radius 3 is 0.930 bits per heavy atom. The molecule has 0 amide bonds. The molecule has 0 unspecified atom stereocenters. The van der Waals surface area contributed by atoms with Crippen LogP contribution in [0.25, 0.3) is 0 Å². The van der Waals surface area contributed by atoms with Gasteiger partial charge in [-0.1, -0.05) is 0 Å². The minimum atomic E-state index is -4.69. The predicted molar refractivity (Wildman–Crippen MR) is 248 cm³/mol. The van der Waals surface area contributed by atoms with Crippen molar-refractivity contribution in [3.63, 3.8) is 0 Å². The maximum absolute atomic E-state index is 8.15. The molecule has 1 spiro atoms. The first-order chi connectivity index (χ1) is 26.1. The molecule has 4 nitrogen and oxygen atoms in total. The van der Waals surface area contributed by atoms with Crippen LogP contribution in [0.1, 0.15) is 207 Å². The van der Waals surface area contributed by atoms with E-state index >= 15 is 0 Å². The normalized spacial score (nSPS) is 15.6. The molecular formula is C52H74GeN2O2. The summed E-state index contributed by atoms with van der Waals surface area (Å²) >= 11 is -4.69. The summed E-state index contributed by atoms with van der Waals surface area (Å²) in [5.41, 5.74) is 14.6. The Morgan fingerprint density at radius 1 is 0.421 bits per heavy atom. The number of para-hydroxylation sites is 2. The van der Waals surface area contributed by atoms with Crippen molar-refractivity contribution in [3.05, 3.63) is 105 Å². The third kappa shape index (κ3) is 7.44. The van der Waals surface area contributed by atoms with Gasteiger partial charge in [0.15, 0.2) is 0 Å². The molecule has 2 heterocycles. The van der Waals surface area contributed by atoms with Crippen LogP contribution < -0.4 is 15.2 Å². The van der Waals surface area contributed by atoms with Crippen molar-refractivity contribution in [2.24, 2.45) is 0 Å². The Balaban J connectivity index is 1.92. The summed E-state index contributed by atoms with van der Waals surface area (Å²) in [7, 11) is 0. The van der Waals surface area contributed by atoms with Crippen molar-refractivity contribution < 1.29 is 7.53 Å². The van der Waals surface area contributed by atoms with E-state index < -0.39 is 14.4 Å². The summed E-state index contributed by atoms with van der Waals surface area (Å²) < 4.78 is 21.7. The van der Waals surface area contributed by atoms with E-state index in [2.05, 4.69) is 207 Å². The first-order valence-electron chi connectivity index (χ1n) is 21.7. The van der Waals surface area contributed by atoms with E-state index in [1.165, 1.54) is 55.9 Å². The zero-order valence-electron chi connectivity index (χ0n) is 39.3. The van der Waals surface area contributed by atoms with E-state index in [1.54, 1.807) is 0 Å². The maximum atomic E-state index is 8.15. The third-order valence-electron chi connectivity index (χ3n) is 12.1. The van der Waals surface area contributed by atoms with Gasteiger partial charge in [0.25, 0.3) is 0 Å². The predicted octanol–water partition coefficient (Wildman–Crippen LogP) is 15.6. The molecule has 2 aliphatic heterocycles. The molecule has 0 radical (unpaired) electrons. The van der Waals surface area contributed by atoms with E-state index in [4.69, 9.17) is 7.53 Å². The monoisotopic (exact) mass is 832 g/mol. The Morgan fingerprint density at radius 2 is 0.702 bits per heavy atom. The van der Waals surface area contributed by atoms with Gasteiger partial charge in [-0.15, -0.1) is 0 Å². The van der Waals surface area contributed by atoms with Crippen LogP contribution >= 0.6 is 0 Å². The number of rotatable bonds is 6. The van der Waals surface area contributed by atoms with Crippen LogP contribution in [0.3, 0.4) is 0 Å². The van der Waals surface area contributed by atoms with E-state index in [-0.39, 0.29) is 45.3 Å². The van der Waals surface area contributed by atoms with Crippen LogP contribution in [-0.2, 0) is 21.7 Å². The summed E-state index contributed by atoms with van der Waals surface area (Å²) in [6.07, 6.45) is 0. The molecule has 308 valence electrons. The molecule has 4 aromatic carbocycles. The van der Waals surface area contributed by atoms with Gasteiger partial charge in [-0.05, 0) is 0 Å². The fourth-order valence-electron chi connectivity index (χ4n) is 8.69. The summed E-state index contributed by atoms with van der Waals surface area (Å²) in [6.45, 7) is 46.8. The summed E-state index contributed by atoms with van der Waals surface area (Å²) in [5.74, 6) is 3.06. The molecule has 6 rings (SSSR count). The topological polar surface area (TPSA) is 24.9 Å². The van der Waals surface area contributed by atoms with Crippen LogP contribution in [0.15, 0.2) is 60.7 Å². The second kappa shape index (κ2) is 14.4. The van der Waals surface area contributed by atoms with Gasteiger partial charge in [0.1, 0.15) is 0 Å². The average molecular weight is 832 g/mol. The van der Waals surface area contributed by atoms with E-state index in [9.17, 15) is 0 Å². The van der Waals surface area contributed by atoms with Crippen LogP contribution in [-0.4, -0.2) is 14.4 Å². The van der Waals surface area contributed by atoms with Crippen molar-refractivity contribution in [2.75, 3.05) is 7.71 Å². The standard InChI is InChI=1S/C52H74GeN2O2/c1-31(2)37-23-21-24-38(32(3)4)45(37)54-43-29-35(49(9,10)11)27-41(51(15,16)17)47(43)56-53(54)55(46-39(33(5)6)25-22-26-40(46)34(7)8)44-30-36(50(12,13)14)28-42(48(44)57-53)52(18,19)20/h21-34H,1-20H3. The van der Waals surface area contributed by atoms with Crippen molar-refractivity contribution >= 4 is 37.1 Å². The number of hydrogen-bond donors (Lipinski definition) is 0. The van der Waals surface area contributed by atoms with Crippen LogP contribution in [0.2, 0.25) is 0 Å². The van der Waals surface area contributed by atoms with Gasteiger partial charge in [-0.25, -0.2) is 0 Å². The summed E-state index contributed by atoms with van der Waals surface area (Å²) in [4.78, 5) is 0. The summed E-state index contributed by atoms with van der Waals surface area (Å²) in [6, 6.07) is 23.7. The molecule has 0 saturated carbocycles. The minimum absolute atomic E-state index is 0.0862. The molecule has 5 heteroatoms. The molecule has 0 aliphatic carbocycles. The van der Waals surface area contributed by atoms with Gasteiger partial charge in [-0.2, -0.15) is 0 Å². The molecular weight excluding hydrogens is 757 g/mol. The second-order valence-electron chi connectivity index (χ2n) is 22.4. The van der Waals surface area contributed by atoms with E-state index in [0.717, 1.165) is 22.9 Å². The van der Waals surface area contributed by atoms with Crippen molar-refractivity contribution in [2.45, 2.75) is 184 Å². The van der Waals surface area contributed by atoms with E-state index in [0.29, 0.717) is 0 Å². The van der Waals surface area contributed by atoms with Gasteiger partial charge < -0.3 is 0 Å². The van der Waals surface area contributed by atoms with Crippen molar-refractivity contribution in [3.8, 4) is 11.5 Å². The molecule has 0 N–H and O–H groups in total. The molecule has 0 bridgehead atoms. The van der Waals surface area contributed by atoms with Gasteiger partial charge in [0.05, 0.1) is 0 Å². The quantitative estimate of drug-likeness (QED) is 0.181. The molecule has 4 aromatic rings. The SMILES string of the molecule is CC(C)c1cccc(C(C)C)c1[N]1c2cc(C(C)(C)C)cc(C(C)(C)C)c2[O][Ge]12[O]c1c(cc(C(C)(C)C)cc1C(C)(C)C)[N]2c1c(C(C)C)cccc1C(C)C. The Hall–Kier alpha value is -3.38. The summed E-state index contributed by atoms with van der Waals surface area (Å²) in [5, 5.41) is 0.